The van der Waals surface area contributed by atoms with Gasteiger partial charge in [0.25, 0.3) is 0 Å². The van der Waals surface area contributed by atoms with Crippen LogP contribution in [0.5, 0.6) is 0 Å². The highest BCUT2D eigenvalue weighted by atomic mass is 15.1. The van der Waals surface area contributed by atoms with Crippen molar-refractivity contribution >= 4 is 0 Å². The molecule has 18 heavy (non-hydrogen) atoms. The van der Waals surface area contributed by atoms with Gasteiger partial charge < -0.3 is 10.2 Å². The summed E-state index contributed by atoms with van der Waals surface area (Å²) in [5.74, 6) is 0.741. The van der Waals surface area contributed by atoms with Gasteiger partial charge in [-0.3, -0.25) is 4.98 Å². The molecule has 1 saturated heterocycles. The van der Waals surface area contributed by atoms with Crippen LogP contribution in [0.15, 0.2) is 24.5 Å². The number of pyridine rings is 1. The average Bonchev–Trinajstić information content (AvgIpc) is 2.39. The number of rotatable bonds is 3. The fraction of sp³-hybridized carbons (Fsp3) is 0.667. The molecule has 0 spiro atoms. The highest BCUT2D eigenvalue weighted by Gasteiger charge is 2.15. The van der Waals surface area contributed by atoms with E-state index in [0.29, 0.717) is 6.04 Å². The summed E-state index contributed by atoms with van der Waals surface area (Å²) in [6, 6.07) is 4.89. The molecule has 0 amide bonds. The molecular weight excluding hydrogens is 222 g/mol. The van der Waals surface area contributed by atoms with Crippen molar-refractivity contribution in [2.45, 2.75) is 32.7 Å². The highest BCUT2D eigenvalue weighted by molar-refractivity contribution is 5.09. The van der Waals surface area contributed by atoms with Gasteiger partial charge in [0.05, 0.1) is 0 Å². The minimum atomic E-state index is 0.649. The van der Waals surface area contributed by atoms with Gasteiger partial charge in [0, 0.05) is 31.5 Å². The third-order valence-electron chi connectivity index (χ3n) is 3.73. The monoisotopic (exact) mass is 247 g/mol. The van der Waals surface area contributed by atoms with Crippen molar-refractivity contribution in [2.75, 3.05) is 26.2 Å². The molecule has 2 atom stereocenters. The van der Waals surface area contributed by atoms with E-state index in [1.165, 1.54) is 31.6 Å². The summed E-state index contributed by atoms with van der Waals surface area (Å²) >= 11 is 0. The predicted octanol–water partition coefficient (Wildman–Crippen LogP) is 1.94. The Morgan fingerprint density at radius 2 is 2.11 bits per heavy atom. The molecule has 2 unspecified atom stereocenters. The quantitative estimate of drug-likeness (QED) is 0.885. The van der Waals surface area contributed by atoms with Gasteiger partial charge >= 0.3 is 0 Å². The molecule has 2 heterocycles. The van der Waals surface area contributed by atoms with Gasteiger partial charge in [-0.2, -0.15) is 0 Å². The molecule has 0 aromatic carbocycles. The maximum absolute atomic E-state index is 4.07. The maximum atomic E-state index is 4.07. The van der Waals surface area contributed by atoms with E-state index >= 15 is 0 Å². The zero-order valence-electron chi connectivity index (χ0n) is 11.6. The molecule has 1 aromatic rings. The Balaban J connectivity index is 1.83. The van der Waals surface area contributed by atoms with Crippen molar-refractivity contribution in [1.29, 1.82) is 0 Å². The molecule has 0 aliphatic carbocycles. The van der Waals surface area contributed by atoms with E-state index in [2.05, 4.69) is 41.2 Å². The summed E-state index contributed by atoms with van der Waals surface area (Å²) in [5.41, 5.74) is 1.39. The van der Waals surface area contributed by atoms with Crippen LogP contribution in [0.4, 0.5) is 0 Å². The van der Waals surface area contributed by atoms with Gasteiger partial charge in [0.2, 0.25) is 0 Å². The lowest BCUT2D eigenvalue weighted by Crippen LogP contribution is -2.43. The predicted molar refractivity (Wildman–Crippen MR) is 75.6 cm³/mol. The van der Waals surface area contributed by atoms with Gasteiger partial charge in [-0.15, -0.1) is 0 Å². The summed E-state index contributed by atoms with van der Waals surface area (Å²) < 4.78 is 0. The molecule has 0 bridgehead atoms. The van der Waals surface area contributed by atoms with Gasteiger partial charge in [-0.25, -0.2) is 0 Å². The fourth-order valence-corrected chi connectivity index (χ4v) is 2.52. The summed E-state index contributed by atoms with van der Waals surface area (Å²) in [6.45, 7) is 9.37. The normalized spacial score (nSPS) is 26.6. The van der Waals surface area contributed by atoms with Crippen molar-refractivity contribution in [2.24, 2.45) is 5.92 Å². The Hall–Kier alpha value is -0.930. The minimum absolute atomic E-state index is 0.649. The summed E-state index contributed by atoms with van der Waals surface area (Å²) in [6.07, 6.45) is 6.16. The summed E-state index contributed by atoms with van der Waals surface area (Å²) in [7, 11) is 0. The second-order valence-corrected chi connectivity index (χ2v) is 5.61. The standard InChI is InChI=1S/C15H25N3/c1-13-11-17-14(2)5-9-18(12-13)10-6-15-3-7-16-8-4-15/h3-4,7-8,13-14,17H,5-6,9-12H2,1-2H3. The van der Waals surface area contributed by atoms with Crippen LogP contribution in [-0.2, 0) is 6.42 Å². The molecule has 0 radical (unpaired) electrons. The van der Waals surface area contributed by atoms with Gasteiger partial charge in [0.1, 0.15) is 0 Å². The molecule has 1 fully saturated rings. The van der Waals surface area contributed by atoms with Crippen molar-refractivity contribution in [1.82, 2.24) is 15.2 Å². The van der Waals surface area contributed by atoms with E-state index < -0.39 is 0 Å². The average molecular weight is 247 g/mol. The fourth-order valence-electron chi connectivity index (χ4n) is 2.52. The lowest BCUT2D eigenvalue weighted by Gasteiger charge is -2.31. The molecule has 1 aliphatic heterocycles. The molecule has 0 saturated carbocycles. The first-order valence-electron chi connectivity index (χ1n) is 7.08. The first-order chi connectivity index (χ1) is 8.74. The molecule has 2 rings (SSSR count). The number of hydrogen-bond donors (Lipinski definition) is 1. The van der Waals surface area contributed by atoms with Crippen LogP contribution >= 0.6 is 0 Å². The number of hydrogen-bond acceptors (Lipinski definition) is 3. The van der Waals surface area contributed by atoms with Crippen LogP contribution in [0.1, 0.15) is 25.8 Å². The third kappa shape index (κ3) is 4.39. The Morgan fingerprint density at radius 3 is 2.89 bits per heavy atom. The third-order valence-corrected chi connectivity index (χ3v) is 3.73. The van der Waals surface area contributed by atoms with E-state index in [-0.39, 0.29) is 0 Å². The smallest absolute Gasteiger partial charge is 0.0270 e. The van der Waals surface area contributed by atoms with Gasteiger partial charge in [0.15, 0.2) is 0 Å². The molecule has 3 heteroatoms. The molecule has 3 nitrogen and oxygen atoms in total. The van der Waals surface area contributed by atoms with Crippen LogP contribution in [0.2, 0.25) is 0 Å². The highest BCUT2D eigenvalue weighted by Crippen LogP contribution is 2.08. The van der Waals surface area contributed by atoms with Crippen LogP contribution < -0.4 is 5.32 Å². The molecule has 1 aromatic heterocycles. The van der Waals surface area contributed by atoms with Crippen molar-refractivity contribution in [3.8, 4) is 0 Å². The number of nitrogens with one attached hydrogen (secondary N) is 1. The van der Waals surface area contributed by atoms with Gasteiger partial charge in [-0.1, -0.05) is 6.92 Å². The van der Waals surface area contributed by atoms with Gasteiger partial charge in [-0.05, 0) is 56.5 Å². The Morgan fingerprint density at radius 1 is 1.33 bits per heavy atom. The summed E-state index contributed by atoms with van der Waals surface area (Å²) in [5, 5.41) is 3.59. The molecule has 1 N–H and O–H groups in total. The SMILES string of the molecule is CC1CNC(C)CCN(CCc2ccncc2)C1. The topological polar surface area (TPSA) is 28.2 Å². The van der Waals surface area contributed by atoms with Crippen LogP contribution in [-0.4, -0.2) is 42.1 Å². The zero-order valence-corrected chi connectivity index (χ0v) is 11.6. The molecule has 100 valence electrons. The molecule has 1 aliphatic rings. The first-order valence-corrected chi connectivity index (χ1v) is 7.08. The van der Waals surface area contributed by atoms with Crippen molar-refractivity contribution < 1.29 is 0 Å². The van der Waals surface area contributed by atoms with Crippen LogP contribution in [0.25, 0.3) is 0 Å². The van der Waals surface area contributed by atoms with Crippen LogP contribution in [0.3, 0.4) is 0 Å². The Labute approximate surface area is 111 Å². The number of nitrogens with zero attached hydrogens (tertiary/aromatic N) is 2. The second kappa shape index (κ2) is 6.86. The van der Waals surface area contributed by atoms with E-state index in [0.717, 1.165) is 18.9 Å². The molecular formula is C15H25N3. The maximum Gasteiger partial charge on any atom is 0.0270 e. The van der Waals surface area contributed by atoms with Crippen molar-refractivity contribution in [3.05, 3.63) is 30.1 Å². The number of aromatic nitrogens is 1. The second-order valence-electron chi connectivity index (χ2n) is 5.61. The first kappa shape index (κ1) is 13.5. The minimum Gasteiger partial charge on any atom is -0.314 e. The largest absolute Gasteiger partial charge is 0.314 e. The van der Waals surface area contributed by atoms with E-state index in [4.69, 9.17) is 0 Å². The van der Waals surface area contributed by atoms with E-state index in [1.54, 1.807) is 0 Å². The Kier molecular flexibility index (Phi) is 5.14. The van der Waals surface area contributed by atoms with E-state index in [9.17, 15) is 0 Å². The Bertz CT molecular complexity index is 339. The lowest BCUT2D eigenvalue weighted by atomic mass is 10.1. The van der Waals surface area contributed by atoms with Crippen molar-refractivity contribution in [3.63, 3.8) is 0 Å². The lowest BCUT2D eigenvalue weighted by molar-refractivity contribution is 0.204. The summed E-state index contributed by atoms with van der Waals surface area (Å²) in [4.78, 5) is 6.68. The van der Waals surface area contributed by atoms with Crippen LogP contribution in [0, 0.1) is 5.92 Å². The zero-order chi connectivity index (χ0) is 12.8. The van der Waals surface area contributed by atoms with E-state index in [1.807, 2.05) is 12.4 Å².